The average molecular weight is 550 g/mol. The van der Waals surface area contributed by atoms with Crippen LogP contribution in [0, 0.1) is 19.8 Å². The Kier molecular flexibility index (Phi) is 8.05. The molecule has 0 radical (unpaired) electrons. The highest BCUT2D eigenvalue weighted by Gasteiger charge is 2.35. The van der Waals surface area contributed by atoms with Crippen molar-refractivity contribution in [1.82, 2.24) is 5.32 Å². The predicted molar refractivity (Wildman–Crippen MR) is 143 cm³/mol. The molecule has 1 saturated heterocycles. The molecule has 1 atom stereocenters. The minimum absolute atomic E-state index is 0.0943. The van der Waals surface area contributed by atoms with Crippen molar-refractivity contribution in [3.63, 3.8) is 0 Å². The first-order valence-corrected chi connectivity index (χ1v) is 12.5. The molecule has 36 heavy (non-hydrogen) atoms. The Hall–Kier alpha value is -3.65. The summed E-state index contributed by atoms with van der Waals surface area (Å²) in [5, 5.41) is 5.82. The van der Waals surface area contributed by atoms with Gasteiger partial charge >= 0.3 is 0 Å². The predicted octanol–water partition coefficient (Wildman–Crippen LogP) is 4.75. The molecule has 1 aliphatic heterocycles. The number of hydrogen-bond donors (Lipinski definition) is 2. The molecule has 3 amide bonds. The second kappa shape index (κ2) is 11.4. The van der Waals surface area contributed by atoms with Gasteiger partial charge in [0.15, 0.2) is 6.61 Å². The van der Waals surface area contributed by atoms with Crippen molar-refractivity contribution in [2.24, 2.45) is 5.92 Å². The number of rotatable bonds is 8. The first-order chi connectivity index (χ1) is 17.3. The van der Waals surface area contributed by atoms with E-state index in [1.165, 1.54) is 0 Å². The zero-order chi connectivity index (χ0) is 25.7. The molecular weight excluding hydrogens is 522 g/mol. The summed E-state index contributed by atoms with van der Waals surface area (Å²) in [6.07, 6.45) is 0.175. The lowest BCUT2D eigenvalue weighted by atomic mass is 10.1. The Bertz CT molecular complexity index is 1240. The van der Waals surface area contributed by atoms with Gasteiger partial charge in [0.25, 0.3) is 5.91 Å². The fraction of sp³-hybridized carbons (Fsp3) is 0.250. The van der Waals surface area contributed by atoms with Crippen molar-refractivity contribution in [1.29, 1.82) is 0 Å². The third-order valence-corrected chi connectivity index (χ3v) is 6.54. The van der Waals surface area contributed by atoms with Crippen LogP contribution in [0.25, 0.3) is 0 Å². The Morgan fingerprint density at radius 2 is 1.69 bits per heavy atom. The van der Waals surface area contributed by atoms with Crippen molar-refractivity contribution in [2.45, 2.75) is 26.8 Å². The highest BCUT2D eigenvalue weighted by Crippen LogP contribution is 2.28. The number of nitrogens with zero attached hydrogens (tertiary/aromatic N) is 1. The summed E-state index contributed by atoms with van der Waals surface area (Å²) in [6, 6.07) is 20.5. The van der Waals surface area contributed by atoms with E-state index in [-0.39, 0.29) is 30.7 Å². The van der Waals surface area contributed by atoms with E-state index < -0.39 is 5.92 Å². The van der Waals surface area contributed by atoms with Gasteiger partial charge < -0.3 is 20.3 Å². The van der Waals surface area contributed by atoms with Gasteiger partial charge in [-0.2, -0.15) is 0 Å². The van der Waals surface area contributed by atoms with E-state index in [1.807, 2.05) is 56.3 Å². The first-order valence-electron chi connectivity index (χ1n) is 11.7. The molecule has 1 aliphatic rings. The van der Waals surface area contributed by atoms with Crippen LogP contribution in [-0.2, 0) is 20.9 Å². The maximum absolute atomic E-state index is 12.6. The van der Waals surface area contributed by atoms with Gasteiger partial charge in [0, 0.05) is 35.4 Å². The van der Waals surface area contributed by atoms with Crippen LogP contribution in [0.2, 0.25) is 0 Å². The molecular formula is C28H28BrN3O4. The van der Waals surface area contributed by atoms with Crippen LogP contribution in [-0.4, -0.2) is 30.9 Å². The second-order valence-corrected chi connectivity index (χ2v) is 9.77. The summed E-state index contributed by atoms with van der Waals surface area (Å²) >= 11 is 3.45. The second-order valence-electron chi connectivity index (χ2n) is 8.85. The molecule has 1 heterocycles. The molecule has 0 unspecified atom stereocenters. The number of amides is 3. The molecule has 0 spiro atoms. The maximum atomic E-state index is 12.6. The van der Waals surface area contributed by atoms with Crippen LogP contribution in [0.5, 0.6) is 5.75 Å². The van der Waals surface area contributed by atoms with E-state index in [9.17, 15) is 14.4 Å². The van der Waals surface area contributed by atoms with Crippen molar-refractivity contribution in [2.75, 3.05) is 23.4 Å². The number of halogens is 1. The summed E-state index contributed by atoms with van der Waals surface area (Å²) in [5.41, 5.74) is 4.40. The molecule has 3 aromatic rings. The monoisotopic (exact) mass is 549 g/mol. The van der Waals surface area contributed by atoms with Crippen LogP contribution in [0.4, 0.5) is 11.4 Å². The lowest BCUT2D eigenvalue weighted by Gasteiger charge is -2.17. The van der Waals surface area contributed by atoms with E-state index in [4.69, 9.17) is 4.74 Å². The van der Waals surface area contributed by atoms with Crippen LogP contribution in [0.1, 0.15) is 23.1 Å². The lowest BCUT2D eigenvalue weighted by Crippen LogP contribution is -2.32. The lowest BCUT2D eigenvalue weighted by molar-refractivity contribution is -0.126. The summed E-state index contributed by atoms with van der Waals surface area (Å²) in [5.74, 6) is -0.361. The summed E-state index contributed by atoms with van der Waals surface area (Å²) in [7, 11) is 0. The van der Waals surface area contributed by atoms with Gasteiger partial charge in [0.2, 0.25) is 11.8 Å². The minimum atomic E-state index is -0.397. The zero-order valence-corrected chi connectivity index (χ0v) is 21.8. The summed E-state index contributed by atoms with van der Waals surface area (Å²) in [4.78, 5) is 39.2. The Morgan fingerprint density at radius 1 is 1.03 bits per heavy atom. The van der Waals surface area contributed by atoms with Crippen LogP contribution >= 0.6 is 15.9 Å². The number of aryl methyl sites for hydroxylation is 2. The molecule has 186 valence electrons. The molecule has 2 N–H and O–H groups in total. The molecule has 7 nitrogen and oxygen atoms in total. The molecule has 0 saturated carbocycles. The molecule has 8 heteroatoms. The Morgan fingerprint density at radius 3 is 2.36 bits per heavy atom. The van der Waals surface area contributed by atoms with Gasteiger partial charge in [-0.05, 0) is 66.9 Å². The van der Waals surface area contributed by atoms with Crippen molar-refractivity contribution in [3.05, 3.63) is 87.9 Å². The minimum Gasteiger partial charge on any atom is -0.484 e. The van der Waals surface area contributed by atoms with Gasteiger partial charge in [0.05, 0.1) is 5.92 Å². The van der Waals surface area contributed by atoms with Crippen molar-refractivity contribution in [3.8, 4) is 5.75 Å². The molecule has 4 rings (SSSR count). The maximum Gasteiger partial charge on any atom is 0.262 e. The number of ether oxygens (including phenoxy) is 1. The number of nitrogens with one attached hydrogen (secondary N) is 2. The van der Waals surface area contributed by atoms with E-state index in [0.29, 0.717) is 24.5 Å². The smallest absolute Gasteiger partial charge is 0.262 e. The van der Waals surface area contributed by atoms with Crippen LogP contribution < -0.4 is 20.3 Å². The van der Waals surface area contributed by atoms with Gasteiger partial charge in [-0.1, -0.05) is 46.3 Å². The molecule has 0 aliphatic carbocycles. The third-order valence-electron chi connectivity index (χ3n) is 6.09. The SMILES string of the molecule is Cc1cc(Br)cc(C)c1NC(=O)COc1ccc(N2C[C@@H](C(=O)NCc3ccccc3)CC2=O)cc1. The molecule has 0 aromatic heterocycles. The topological polar surface area (TPSA) is 87.7 Å². The summed E-state index contributed by atoms with van der Waals surface area (Å²) in [6.45, 7) is 4.49. The van der Waals surface area contributed by atoms with Crippen molar-refractivity contribution < 1.29 is 19.1 Å². The standard InChI is InChI=1S/C28H28BrN3O4/c1-18-12-22(29)13-19(2)27(18)31-25(33)17-36-24-10-8-23(9-11-24)32-16-21(14-26(32)34)28(35)30-15-20-6-4-3-5-7-20/h3-13,21H,14-17H2,1-2H3,(H,30,35)(H,31,33)/t21-/m0/s1. The fourth-order valence-electron chi connectivity index (χ4n) is 4.22. The number of benzene rings is 3. The number of carbonyl (C=O) groups is 3. The largest absolute Gasteiger partial charge is 0.484 e. The van der Waals surface area contributed by atoms with E-state index in [2.05, 4.69) is 26.6 Å². The highest BCUT2D eigenvalue weighted by atomic mass is 79.9. The van der Waals surface area contributed by atoms with E-state index in [0.717, 1.165) is 26.9 Å². The van der Waals surface area contributed by atoms with E-state index >= 15 is 0 Å². The quantitative estimate of drug-likeness (QED) is 0.424. The normalized spacial score (nSPS) is 15.0. The number of carbonyl (C=O) groups excluding carboxylic acids is 3. The van der Waals surface area contributed by atoms with Crippen LogP contribution in [0.15, 0.2) is 71.2 Å². The Labute approximate surface area is 219 Å². The highest BCUT2D eigenvalue weighted by molar-refractivity contribution is 9.10. The fourth-order valence-corrected chi connectivity index (χ4v) is 4.90. The number of anilines is 2. The number of hydrogen-bond acceptors (Lipinski definition) is 4. The molecule has 3 aromatic carbocycles. The van der Waals surface area contributed by atoms with E-state index in [1.54, 1.807) is 29.2 Å². The van der Waals surface area contributed by atoms with Gasteiger partial charge in [0.1, 0.15) is 5.75 Å². The van der Waals surface area contributed by atoms with Gasteiger partial charge in [-0.25, -0.2) is 0 Å². The molecule has 0 bridgehead atoms. The molecule has 1 fully saturated rings. The third kappa shape index (κ3) is 6.31. The van der Waals surface area contributed by atoms with Gasteiger partial charge in [-0.3, -0.25) is 14.4 Å². The summed E-state index contributed by atoms with van der Waals surface area (Å²) < 4.78 is 6.59. The van der Waals surface area contributed by atoms with Crippen LogP contribution in [0.3, 0.4) is 0 Å². The average Bonchev–Trinajstić information content (AvgIpc) is 3.26. The van der Waals surface area contributed by atoms with Gasteiger partial charge in [-0.15, -0.1) is 0 Å². The first kappa shape index (κ1) is 25.4. The zero-order valence-electron chi connectivity index (χ0n) is 20.2. The Balaban J connectivity index is 1.28. The van der Waals surface area contributed by atoms with Crippen molar-refractivity contribution >= 4 is 45.0 Å².